The molecule has 0 saturated carbocycles. The summed E-state index contributed by atoms with van der Waals surface area (Å²) < 4.78 is 6.96. The lowest BCUT2D eigenvalue weighted by atomic mass is 10.2. The van der Waals surface area contributed by atoms with E-state index in [9.17, 15) is 9.59 Å². The predicted molar refractivity (Wildman–Crippen MR) is 120 cm³/mol. The Morgan fingerprint density at radius 3 is 2.77 bits per heavy atom. The molecule has 0 aliphatic heterocycles. The first kappa shape index (κ1) is 21.8. The Morgan fingerprint density at radius 1 is 1.30 bits per heavy atom. The van der Waals surface area contributed by atoms with E-state index in [-0.39, 0.29) is 17.6 Å². The third-order valence-corrected chi connectivity index (χ3v) is 6.13. The molecular weight excluding hydrogens is 420 g/mol. The van der Waals surface area contributed by atoms with Gasteiger partial charge in [0.2, 0.25) is 5.91 Å². The summed E-state index contributed by atoms with van der Waals surface area (Å²) in [5.74, 6) is 0.328. The van der Waals surface area contributed by atoms with Crippen LogP contribution in [0.2, 0.25) is 0 Å². The number of carbonyl (C=O) groups excluding carboxylic acids is 2. The van der Waals surface area contributed by atoms with E-state index in [0.717, 1.165) is 17.0 Å². The van der Waals surface area contributed by atoms with E-state index in [1.54, 1.807) is 19.1 Å². The number of nitrogens with one attached hydrogen (secondary N) is 1. The van der Waals surface area contributed by atoms with Crippen LogP contribution in [0.4, 0.5) is 5.00 Å². The average Bonchev–Trinajstić information content (AvgIpc) is 3.30. The maximum absolute atomic E-state index is 12.4. The monoisotopic (exact) mass is 442 g/mol. The molecule has 9 heteroatoms. The number of benzene rings is 1. The van der Waals surface area contributed by atoms with Gasteiger partial charge >= 0.3 is 5.97 Å². The van der Waals surface area contributed by atoms with Crippen LogP contribution in [0.25, 0.3) is 11.4 Å². The molecule has 0 radical (unpaired) electrons. The van der Waals surface area contributed by atoms with Crippen LogP contribution in [-0.2, 0) is 16.1 Å². The molecule has 1 amide bonds. The SMILES string of the molecule is C=CCn1c(SCC(=O)Nc2cc(C)c(C(=O)OCC)s2)nnc1-c1ccccc1. The topological polar surface area (TPSA) is 86.1 Å². The smallest absolute Gasteiger partial charge is 0.348 e. The van der Waals surface area contributed by atoms with Crippen LogP contribution in [0.1, 0.15) is 22.2 Å². The van der Waals surface area contributed by atoms with Gasteiger partial charge in [0.15, 0.2) is 11.0 Å². The highest BCUT2D eigenvalue weighted by Gasteiger charge is 2.17. The molecule has 0 spiro atoms. The summed E-state index contributed by atoms with van der Waals surface area (Å²) in [6.45, 7) is 8.22. The Labute approximate surface area is 183 Å². The summed E-state index contributed by atoms with van der Waals surface area (Å²) in [6, 6.07) is 11.5. The molecule has 2 heterocycles. The number of rotatable bonds is 9. The maximum Gasteiger partial charge on any atom is 0.348 e. The lowest BCUT2D eigenvalue weighted by Crippen LogP contribution is -2.13. The van der Waals surface area contributed by atoms with Gasteiger partial charge in [0, 0.05) is 12.1 Å². The van der Waals surface area contributed by atoms with Crippen molar-refractivity contribution in [3.05, 3.63) is 59.5 Å². The number of esters is 1. The zero-order valence-electron chi connectivity index (χ0n) is 16.8. The molecule has 3 rings (SSSR count). The second-order valence-electron chi connectivity index (χ2n) is 6.25. The highest BCUT2D eigenvalue weighted by Crippen LogP contribution is 2.28. The molecule has 0 saturated heterocycles. The number of nitrogens with zero attached hydrogens (tertiary/aromatic N) is 3. The largest absolute Gasteiger partial charge is 0.462 e. The lowest BCUT2D eigenvalue weighted by Gasteiger charge is -2.07. The molecule has 0 aliphatic carbocycles. The molecule has 1 N–H and O–H groups in total. The second kappa shape index (κ2) is 10.2. The Kier molecular flexibility index (Phi) is 7.42. The summed E-state index contributed by atoms with van der Waals surface area (Å²) in [4.78, 5) is 24.9. The van der Waals surface area contributed by atoms with Crippen molar-refractivity contribution >= 4 is 40.0 Å². The number of anilines is 1. The number of thiophene rings is 1. The Bertz CT molecular complexity index is 1040. The molecule has 0 atom stereocenters. The van der Waals surface area contributed by atoms with Crippen LogP contribution in [0.5, 0.6) is 0 Å². The van der Waals surface area contributed by atoms with Crippen molar-refractivity contribution in [3.8, 4) is 11.4 Å². The van der Waals surface area contributed by atoms with Gasteiger partial charge in [-0.25, -0.2) is 4.79 Å². The number of hydrogen-bond acceptors (Lipinski definition) is 7. The van der Waals surface area contributed by atoms with Crippen LogP contribution in [-0.4, -0.2) is 39.0 Å². The first-order chi connectivity index (χ1) is 14.5. The van der Waals surface area contributed by atoms with Crippen molar-refractivity contribution in [2.75, 3.05) is 17.7 Å². The first-order valence-electron chi connectivity index (χ1n) is 9.33. The number of thioether (sulfide) groups is 1. The summed E-state index contributed by atoms with van der Waals surface area (Å²) in [7, 11) is 0. The van der Waals surface area contributed by atoms with Crippen molar-refractivity contribution in [3.63, 3.8) is 0 Å². The highest BCUT2D eigenvalue weighted by molar-refractivity contribution is 7.99. The van der Waals surface area contributed by atoms with Crippen molar-refractivity contribution < 1.29 is 14.3 Å². The van der Waals surface area contributed by atoms with Gasteiger partial charge in [-0.3, -0.25) is 9.36 Å². The third kappa shape index (κ3) is 5.17. The van der Waals surface area contributed by atoms with Gasteiger partial charge in [-0.15, -0.1) is 28.1 Å². The summed E-state index contributed by atoms with van der Waals surface area (Å²) >= 11 is 2.51. The zero-order valence-corrected chi connectivity index (χ0v) is 18.4. The molecular formula is C21H22N4O3S2. The number of aryl methyl sites for hydroxylation is 1. The molecule has 156 valence electrons. The van der Waals surface area contributed by atoms with Crippen molar-refractivity contribution in [1.82, 2.24) is 14.8 Å². The van der Waals surface area contributed by atoms with Crippen molar-refractivity contribution in [2.45, 2.75) is 25.5 Å². The summed E-state index contributed by atoms with van der Waals surface area (Å²) in [6.07, 6.45) is 1.77. The number of allylic oxidation sites excluding steroid dienone is 1. The number of hydrogen-bond donors (Lipinski definition) is 1. The molecule has 0 fully saturated rings. The van der Waals surface area contributed by atoms with Gasteiger partial charge < -0.3 is 10.1 Å². The van der Waals surface area contributed by atoms with E-state index < -0.39 is 0 Å². The molecule has 1 aromatic carbocycles. The minimum atomic E-state index is -0.374. The maximum atomic E-state index is 12.4. The third-order valence-electron chi connectivity index (χ3n) is 4.03. The second-order valence-corrected chi connectivity index (χ2v) is 8.25. The summed E-state index contributed by atoms with van der Waals surface area (Å²) in [5.41, 5.74) is 1.73. The van der Waals surface area contributed by atoms with E-state index in [1.807, 2.05) is 41.8 Å². The fourth-order valence-electron chi connectivity index (χ4n) is 2.74. The molecule has 3 aromatic rings. The standard InChI is InChI=1S/C21H22N4O3S2/c1-4-11-25-19(15-9-7-6-8-10-15)23-24-21(25)29-13-16(26)22-17-12-14(3)18(30-17)20(27)28-5-2/h4,6-10,12H,1,5,11,13H2,2-3H3,(H,22,26). The van der Waals surface area contributed by atoms with E-state index in [2.05, 4.69) is 22.1 Å². The van der Waals surface area contributed by atoms with E-state index in [1.165, 1.54) is 23.1 Å². The van der Waals surface area contributed by atoms with Crippen LogP contribution in [0.3, 0.4) is 0 Å². The van der Waals surface area contributed by atoms with Gasteiger partial charge in [-0.2, -0.15) is 0 Å². The minimum absolute atomic E-state index is 0.162. The first-order valence-corrected chi connectivity index (χ1v) is 11.1. The Hall–Kier alpha value is -2.91. The molecule has 0 unspecified atom stereocenters. The molecule has 7 nitrogen and oxygen atoms in total. The van der Waals surface area contributed by atoms with Gasteiger partial charge in [-0.05, 0) is 25.5 Å². The fourth-order valence-corrected chi connectivity index (χ4v) is 4.47. The Balaban J connectivity index is 1.67. The van der Waals surface area contributed by atoms with Crippen LogP contribution < -0.4 is 5.32 Å². The van der Waals surface area contributed by atoms with Crippen molar-refractivity contribution in [1.29, 1.82) is 0 Å². The van der Waals surface area contributed by atoms with Gasteiger partial charge in [-0.1, -0.05) is 48.2 Å². The summed E-state index contributed by atoms with van der Waals surface area (Å²) in [5, 5.41) is 12.6. The van der Waals surface area contributed by atoms with Crippen molar-refractivity contribution in [2.24, 2.45) is 0 Å². The van der Waals surface area contributed by atoms with Crippen LogP contribution >= 0.6 is 23.1 Å². The lowest BCUT2D eigenvalue weighted by molar-refractivity contribution is -0.113. The minimum Gasteiger partial charge on any atom is -0.462 e. The molecule has 2 aromatic heterocycles. The van der Waals surface area contributed by atoms with Gasteiger partial charge in [0.05, 0.1) is 17.4 Å². The number of amides is 1. The molecule has 30 heavy (non-hydrogen) atoms. The number of aromatic nitrogens is 3. The predicted octanol–water partition coefficient (Wildman–Crippen LogP) is 4.41. The molecule has 0 aliphatic rings. The number of ether oxygens (including phenoxy) is 1. The van der Waals surface area contributed by atoms with E-state index >= 15 is 0 Å². The normalized spacial score (nSPS) is 10.6. The highest BCUT2D eigenvalue weighted by atomic mass is 32.2. The fraction of sp³-hybridized carbons (Fsp3) is 0.238. The van der Waals surface area contributed by atoms with Crippen LogP contribution in [0, 0.1) is 6.92 Å². The molecule has 0 bridgehead atoms. The van der Waals surface area contributed by atoms with Gasteiger partial charge in [0.1, 0.15) is 4.88 Å². The zero-order chi connectivity index (χ0) is 21.5. The van der Waals surface area contributed by atoms with Gasteiger partial charge in [0.25, 0.3) is 0 Å². The quantitative estimate of drug-likeness (QED) is 0.300. The average molecular weight is 443 g/mol. The van der Waals surface area contributed by atoms with Crippen LogP contribution in [0.15, 0.2) is 54.2 Å². The Morgan fingerprint density at radius 2 is 2.07 bits per heavy atom. The van der Waals surface area contributed by atoms with E-state index in [0.29, 0.717) is 28.2 Å². The number of carbonyl (C=O) groups is 2. The van der Waals surface area contributed by atoms with E-state index in [4.69, 9.17) is 4.74 Å².